The molecule has 2 rings (SSSR count). The molecule has 1 saturated heterocycles. The number of unbranched alkanes of at least 4 members (excludes halogenated alkanes) is 2. The van der Waals surface area contributed by atoms with Crippen LogP contribution in [0.3, 0.4) is 0 Å². The zero-order valence-electron chi connectivity index (χ0n) is 15.2. The van der Waals surface area contributed by atoms with E-state index in [-0.39, 0.29) is 17.8 Å². The lowest BCUT2D eigenvalue weighted by Gasteiger charge is -2.15. The van der Waals surface area contributed by atoms with Crippen molar-refractivity contribution in [2.45, 2.75) is 38.5 Å². The number of benzene rings is 1. The summed E-state index contributed by atoms with van der Waals surface area (Å²) in [5.74, 6) is -0.173. The van der Waals surface area contributed by atoms with Crippen LogP contribution in [-0.2, 0) is 19.1 Å². The largest absolute Gasteiger partial charge is 0.469 e. The number of amides is 2. The molecule has 0 bridgehead atoms. The lowest BCUT2D eigenvalue weighted by molar-refractivity contribution is -0.140. The van der Waals surface area contributed by atoms with Crippen LogP contribution in [0.5, 0.6) is 0 Å². The minimum Gasteiger partial charge on any atom is -0.469 e. The second-order valence-corrected chi connectivity index (χ2v) is 6.25. The zero-order chi connectivity index (χ0) is 18.8. The Kier molecular flexibility index (Phi) is 7.86. The van der Waals surface area contributed by atoms with Gasteiger partial charge in [-0.1, -0.05) is 18.6 Å². The van der Waals surface area contributed by atoms with Crippen LogP contribution in [0.4, 0.5) is 5.69 Å². The number of anilines is 1. The Hall–Kier alpha value is -2.63. The molecule has 0 spiro atoms. The zero-order valence-corrected chi connectivity index (χ0v) is 15.2. The van der Waals surface area contributed by atoms with Crippen molar-refractivity contribution in [1.29, 1.82) is 0 Å². The minimum atomic E-state index is -0.197. The van der Waals surface area contributed by atoms with E-state index in [9.17, 15) is 14.4 Å². The third-order valence-electron chi connectivity index (χ3n) is 4.29. The van der Waals surface area contributed by atoms with Gasteiger partial charge in [0.05, 0.1) is 7.11 Å². The molecule has 1 N–H and O–H groups in total. The Morgan fingerprint density at radius 3 is 2.62 bits per heavy atom. The number of nitrogens with one attached hydrogen (secondary N) is 1. The fourth-order valence-electron chi connectivity index (χ4n) is 2.80. The molecule has 0 aliphatic carbocycles. The van der Waals surface area contributed by atoms with Crippen LogP contribution in [0.25, 0.3) is 6.08 Å². The summed E-state index contributed by atoms with van der Waals surface area (Å²) in [5, 5.41) is 2.82. The van der Waals surface area contributed by atoms with Crippen molar-refractivity contribution in [2.24, 2.45) is 0 Å². The van der Waals surface area contributed by atoms with E-state index < -0.39 is 0 Å². The molecule has 6 heteroatoms. The second-order valence-electron chi connectivity index (χ2n) is 6.25. The molecule has 1 heterocycles. The van der Waals surface area contributed by atoms with E-state index in [0.29, 0.717) is 19.4 Å². The summed E-state index contributed by atoms with van der Waals surface area (Å²) in [6.45, 7) is 1.36. The highest BCUT2D eigenvalue weighted by molar-refractivity contribution is 5.95. The van der Waals surface area contributed by atoms with Gasteiger partial charge in [0.25, 0.3) is 0 Å². The Morgan fingerprint density at radius 2 is 1.96 bits per heavy atom. The summed E-state index contributed by atoms with van der Waals surface area (Å²) < 4.78 is 4.57. The smallest absolute Gasteiger partial charge is 0.305 e. The average molecular weight is 358 g/mol. The number of carbonyl (C=O) groups is 3. The monoisotopic (exact) mass is 358 g/mol. The number of esters is 1. The number of methoxy groups -OCH3 is 1. The standard InChI is InChI=1S/C20H26N2O4/c1-26-20(25)7-3-2-4-14-21-18(23)13-10-16-8-11-17(12-9-16)22-15-5-6-19(22)24/h8-13H,2-7,14-15H2,1H3,(H,21,23)/b13-10+. The summed E-state index contributed by atoms with van der Waals surface area (Å²) in [5.41, 5.74) is 1.81. The first kappa shape index (κ1) is 19.7. The number of nitrogens with zero attached hydrogens (tertiary/aromatic N) is 1. The van der Waals surface area contributed by atoms with E-state index in [1.165, 1.54) is 13.2 Å². The van der Waals surface area contributed by atoms with Crippen LogP contribution >= 0.6 is 0 Å². The molecule has 140 valence electrons. The molecule has 0 unspecified atom stereocenters. The first-order chi connectivity index (χ1) is 12.6. The second kappa shape index (κ2) is 10.4. The summed E-state index contributed by atoms with van der Waals surface area (Å²) >= 11 is 0. The molecular weight excluding hydrogens is 332 g/mol. The van der Waals surface area contributed by atoms with Crippen LogP contribution in [0, 0.1) is 0 Å². The molecule has 26 heavy (non-hydrogen) atoms. The molecule has 6 nitrogen and oxygen atoms in total. The van der Waals surface area contributed by atoms with Gasteiger partial charge in [-0.15, -0.1) is 0 Å². The van der Waals surface area contributed by atoms with Crippen LogP contribution in [-0.4, -0.2) is 38.0 Å². The third-order valence-corrected chi connectivity index (χ3v) is 4.29. The summed E-state index contributed by atoms with van der Waals surface area (Å²) in [7, 11) is 1.38. The summed E-state index contributed by atoms with van der Waals surface area (Å²) in [4.78, 5) is 36.3. The Morgan fingerprint density at radius 1 is 1.19 bits per heavy atom. The van der Waals surface area contributed by atoms with E-state index in [1.807, 2.05) is 24.3 Å². The number of hydrogen-bond acceptors (Lipinski definition) is 4. The highest BCUT2D eigenvalue weighted by Gasteiger charge is 2.21. The van der Waals surface area contributed by atoms with E-state index in [2.05, 4.69) is 10.1 Å². The van der Waals surface area contributed by atoms with Crippen LogP contribution in [0.1, 0.15) is 44.1 Å². The first-order valence-corrected chi connectivity index (χ1v) is 9.03. The summed E-state index contributed by atoms with van der Waals surface area (Å²) in [6.07, 6.45) is 7.67. The van der Waals surface area contributed by atoms with E-state index in [4.69, 9.17) is 0 Å². The van der Waals surface area contributed by atoms with Gasteiger partial charge in [0.1, 0.15) is 0 Å². The molecule has 2 amide bonds. The minimum absolute atomic E-state index is 0.142. The molecule has 1 aromatic rings. The normalized spacial score (nSPS) is 14.0. The van der Waals surface area contributed by atoms with Gasteiger partial charge in [-0.25, -0.2) is 0 Å². The molecule has 1 aliphatic rings. The maximum atomic E-state index is 11.8. The van der Waals surface area contributed by atoms with Crippen LogP contribution < -0.4 is 10.2 Å². The van der Waals surface area contributed by atoms with Crippen LogP contribution in [0.15, 0.2) is 30.3 Å². The highest BCUT2D eigenvalue weighted by Crippen LogP contribution is 2.21. The van der Waals surface area contributed by atoms with E-state index in [1.54, 1.807) is 11.0 Å². The van der Waals surface area contributed by atoms with Crippen molar-refractivity contribution in [3.05, 3.63) is 35.9 Å². The number of carbonyl (C=O) groups excluding carboxylic acids is 3. The predicted molar refractivity (Wildman–Crippen MR) is 101 cm³/mol. The topological polar surface area (TPSA) is 75.7 Å². The molecule has 0 atom stereocenters. The van der Waals surface area contributed by atoms with Gasteiger partial charge in [-0.05, 0) is 43.0 Å². The molecular formula is C20H26N2O4. The van der Waals surface area contributed by atoms with Crippen molar-refractivity contribution >= 4 is 29.5 Å². The van der Waals surface area contributed by atoms with Crippen molar-refractivity contribution in [3.63, 3.8) is 0 Å². The average Bonchev–Trinajstić information content (AvgIpc) is 3.09. The Bertz CT molecular complexity index is 652. The van der Waals surface area contributed by atoms with Crippen molar-refractivity contribution in [1.82, 2.24) is 5.32 Å². The van der Waals surface area contributed by atoms with Gasteiger partial charge in [-0.3, -0.25) is 14.4 Å². The van der Waals surface area contributed by atoms with Crippen molar-refractivity contribution in [3.8, 4) is 0 Å². The summed E-state index contributed by atoms with van der Waals surface area (Å²) in [6, 6.07) is 7.61. The lowest BCUT2D eigenvalue weighted by Crippen LogP contribution is -2.23. The molecule has 1 fully saturated rings. The predicted octanol–water partition coefficient (Wildman–Crippen LogP) is 2.68. The molecule has 1 aliphatic heterocycles. The van der Waals surface area contributed by atoms with Gasteiger partial charge >= 0.3 is 5.97 Å². The Labute approximate surface area is 154 Å². The van der Waals surface area contributed by atoms with Gasteiger partial charge < -0.3 is 15.0 Å². The molecule has 0 radical (unpaired) electrons. The fraction of sp³-hybridized carbons (Fsp3) is 0.450. The maximum Gasteiger partial charge on any atom is 0.305 e. The SMILES string of the molecule is COC(=O)CCCCCNC(=O)/C=C/c1ccc(N2CCCC2=O)cc1. The fourth-order valence-corrected chi connectivity index (χ4v) is 2.80. The molecule has 0 aromatic heterocycles. The number of ether oxygens (including phenoxy) is 1. The van der Waals surface area contributed by atoms with Crippen LogP contribution in [0.2, 0.25) is 0 Å². The maximum absolute atomic E-state index is 11.8. The van der Waals surface area contributed by atoms with Gasteiger partial charge in [0.15, 0.2) is 0 Å². The van der Waals surface area contributed by atoms with Gasteiger partial charge in [0, 0.05) is 37.7 Å². The third kappa shape index (κ3) is 6.35. The first-order valence-electron chi connectivity index (χ1n) is 9.03. The number of rotatable bonds is 9. The lowest BCUT2D eigenvalue weighted by atomic mass is 10.1. The molecule has 0 saturated carbocycles. The van der Waals surface area contributed by atoms with Crippen molar-refractivity contribution in [2.75, 3.05) is 25.1 Å². The van der Waals surface area contributed by atoms with Gasteiger partial charge in [-0.2, -0.15) is 0 Å². The van der Waals surface area contributed by atoms with E-state index >= 15 is 0 Å². The quantitative estimate of drug-likeness (QED) is 0.418. The van der Waals surface area contributed by atoms with E-state index in [0.717, 1.165) is 43.5 Å². The molecule has 1 aromatic carbocycles. The van der Waals surface area contributed by atoms with Gasteiger partial charge in [0.2, 0.25) is 11.8 Å². The highest BCUT2D eigenvalue weighted by atomic mass is 16.5. The Balaban J connectivity index is 1.67. The number of hydrogen-bond donors (Lipinski definition) is 1. The van der Waals surface area contributed by atoms with Crippen molar-refractivity contribution < 1.29 is 19.1 Å².